The van der Waals surface area contributed by atoms with Crippen LogP contribution in [0.2, 0.25) is 0 Å². The summed E-state index contributed by atoms with van der Waals surface area (Å²) in [6, 6.07) is 9.48. The van der Waals surface area contributed by atoms with Crippen molar-refractivity contribution in [1.82, 2.24) is 5.32 Å². The van der Waals surface area contributed by atoms with Crippen LogP contribution in [0.3, 0.4) is 0 Å². The second-order valence-corrected chi connectivity index (χ2v) is 8.82. The summed E-state index contributed by atoms with van der Waals surface area (Å²) in [5, 5.41) is 11.7. The second-order valence-electron chi connectivity index (χ2n) is 8.82. The Morgan fingerprint density at radius 2 is 1.87 bits per heavy atom. The quantitative estimate of drug-likeness (QED) is 0.261. The lowest BCUT2D eigenvalue weighted by Crippen LogP contribution is -2.51. The van der Waals surface area contributed by atoms with Crippen molar-refractivity contribution in [2.45, 2.75) is 51.2 Å². The van der Waals surface area contributed by atoms with Crippen molar-refractivity contribution >= 4 is 22.9 Å². The largest absolute Gasteiger partial charge is 0.429 e. The highest BCUT2D eigenvalue weighted by Crippen LogP contribution is 2.30. The number of ether oxygens (including phenoxy) is 1. The highest BCUT2D eigenvalue weighted by atomic mass is 19.3. The van der Waals surface area contributed by atoms with Crippen LogP contribution in [0.1, 0.15) is 44.2 Å². The van der Waals surface area contributed by atoms with Gasteiger partial charge in [-0.3, -0.25) is 4.79 Å². The summed E-state index contributed by atoms with van der Waals surface area (Å²) in [4.78, 5) is 17.5. The summed E-state index contributed by atoms with van der Waals surface area (Å²) in [6.07, 6.45) is 1.58. The zero-order chi connectivity index (χ0) is 28.6. The lowest BCUT2D eigenvalue weighted by molar-refractivity contribution is -0.131. The summed E-state index contributed by atoms with van der Waals surface area (Å²) in [5.74, 6) is -4.93. The number of halogens is 5. The molecule has 1 aliphatic heterocycles. The summed E-state index contributed by atoms with van der Waals surface area (Å²) >= 11 is 0. The van der Waals surface area contributed by atoms with Gasteiger partial charge in [-0.15, -0.1) is 0 Å². The number of amides is 1. The van der Waals surface area contributed by atoms with Crippen molar-refractivity contribution in [3.05, 3.63) is 89.8 Å². The van der Waals surface area contributed by atoms with Crippen molar-refractivity contribution in [3.8, 4) is 5.75 Å². The number of nitrogens with zero attached hydrogens (tertiary/aromatic N) is 1. The molecule has 0 radical (unpaired) electrons. The zero-order valence-electron chi connectivity index (χ0n) is 21.4. The molecule has 39 heavy (non-hydrogen) atoms. The fourth-order valence-corrected chi connectivity index (χ4v) is 3.87. The SMILES string of the molecule is C/C=C/C(F)(F)Oc1ccc(/C2=C/C(C(=O)N[C@H](CO)C(F)(F)CC)=N\C(c3cccc(F)c3)=C/CC2)cc1. The van der Waals surface area contributed by atoms with E-state index in [2.05, 4.69) is 10.3 Å². The molecule has 0 spiro atoms. The number of hydrogen-bond acceptors (Lipinski definition) is 4. The molecule has 1 heterocycles. The molecule has 2 aromatic carbocycles. The molecule has 2 N–H and O–H groups in total. The smallest absolute Gasteiger partial charge is 0.419 e. The Morgan fingerprint density at radius 3 is 2.49 bits per heavy atom. The van der Waals surface area contributed by atoms with Crippen LogP contribution in [-0.2, 0) is 4.79 Å². The van der Waals surface area contributed by atoms with E-state index < -0.39 is 42.8 Å². The Hall–Kier alpha value is -3.79. The summed E-state index contributed by atoms with van der Waals surface area (Å²) < 4.78 is 74.6. The van der Waals surface area contributed by atoms with Gasteiger partial charge >= 0.3 is 6.11 Å². The maximum atomic E-state index is 14.3. The number of rotatable bonds is 10. The lowest BCUT2D eigenvalue weighted by atomic mass is 9.97. The van der Waals surface area contributed by atoms with Gasteiger partial charge < -0.3 is 15.2 Å². The van der Waals surface area contributed by atoms with Crippen LogP contribution in [0.15, 0.2) is 77.8 Å². The van der Waals surface area contributed by atoms with Gasteiger partial charge in [0, 0.05) is 18.1 Å². The number of aliphatic hydroxyl groups excluding tert-OH is 1. The monoisotopic (exact) mass is 548 g/mol. The molecule has 0 unspecified atom stereocenters. The fourth-order valence-electron chi connectivity index (χ4n) is 3.87. The van der Waals surface area contributed by atoms with Crippen LogP contribution in [0.25, 0.3) is 11.3 Å². The van der Waals surface area contributed by atoms with Crippen LogP contribution < -0.4 is 10.1 Å². The molecule has 0 fully saturated rings. The Labute approximate surface area is 223 Å². The van der Waals surface area contributed by atoms with Crippen molar-refractivity contribution in [2.75, 3.05) is 6.61 Å². The summed E-state index contributed by atoms with van der Waals surface area (Å²) in [5.41, 5.74) is 1.56. The molecule has 2 aromatic rings. The van der Waals surface area contributed by atoms with Gasteiger partial charge in [-0.2, -0.15) is 8.78 Å². The van der Waals surface area contributed by atoms with E-state index in [9.17, 15) is 31.9 Å². The normalized spacial score (nSPS) is 19.5. The highest BCUT2D eigenvalue weighted by Gasteiger charge is 2.38. The number of carbonyl (C=O) groups excluding carboxylic acids is 1. The number of benzene rings is 2. The van der Waals surface area contributed by atoms with E-state index >= 15 is 0 Å². The molecular formula is C29H29F5N2O3. The predicted molar refractivity (Wildman–Crippen MR) is 140 cm³/mol. The minimum absolute atomic E-state index is 0.0826. The molecule has 1 aliphatic rings. The van der Waals surface area contributed by atoms with Crippen LogP contribution in [0.5, 0.6) is 5.75 Å². The molecule has 10 heteroatoms. The molecule has 1 atom stereocenters. The Bertz CT molecular complexity index is 1280. The molecule has 1 amide bonds. The van der Waals surface area contributed by atoms with Gasteiger partial charge in [0.2, 0.25) is 0 Å². The van der Waals surface area contributed by atoms with E-state index in [0.29, 0.717) is 35.6 Å². The van der Waals surface area contributed by atoms with Crippen LogP contribution in [0.4, 0.5) is 22.0 Å². The second kappa shape index (κ2) is 12.8. The minimum atomic E-state index is -3.49. The highest BCUT2D eigenvalue weighted by molar-refractivity contribution is 6.45. The third-order valence-electron chi connectivity index (χ3n) is 5.97. The topological polar surface area (TPSA) is 70.9 Å². The number of hydrogen-bond donors (Lipinski definition) is 2. The minimum Gasteiger partial charge on any atom is -0.429 e. The van der Waals surface area contributed by atoms with E-state index in [-0.39, 0.29) is 17.2 Å². The Balaban J connectivity index is 1.99. The summed E-state index contributed by atoms with van der Waals surface area (Å²) in [7, 11) is 0. The van der Waals surface area contributed by atoms with Crippen LogP contribution >= 0.6 is 0 Å². The fraction of sp³-hybridized carbons (Fsp3) is 0.310. The van der Waals surface area contributed by atoms with E-state index in [1.165, 1.54) is 68.5 Å². The molecule has 208 valence electrons. The molecule has 5 nitrogen and oxygen atoms in total. The predicted octanol–water partition coefficient (Wildman–Crippen LogP) is 6.56. The standard InChI is InChI=1S/C29H29F5N2O3/c1-3-15-29(33,34)39-23-13-11-19(12-14-23)20-7-6-10-24(21-8-5-9-22(30)16-21)35-25(17-20)27(38)36-26(18-37)28(31,32)4-2/h3,5,8-17,26,37H,4,6-7,18H2,1-2H3,(H,36,38)/b15-3+,20-17+,24-10-,35-25+/t26-/m1/s1. The average molecular weight is 549 g/mol. The van der Waals surface area contributed by atoms with Crippen molar-refractivity contribution < 1.29 is 36.6 Å². The van der Waals surface area contributed by atoms with Gasteiger partial charge in [-0.1, -0.05) is 43.3 Å². The number of carbonyl (C=O) groups is 1. The maximum Gasteiger partial charge on any atom is 0.419 e. The first-order valence-electron chi connectivity index (χ1n) is 12.3. The molecule has 0 aliphatic carbocycles. The molecule has 0 bridgehead atoms. The third-order valence-corrected chi connectivity index (χ3v) is 5.97. The van der Waals surface area contributed by atoms with Crippen molar-refractivity contribution in [3.63, 3.8) is 0 Å². The zero-order valence-corrected chi connectivity index (χ0v) is 21.4. The van der Waals surface area contributed by atoms with Gasteiger partial charge in [0.05, 0.1) is 12.3 Å². The first-order chi connectivity index (χ1) is 18.5. The molecule has 3 rings (SSSR count). The number of allylic oxidation sites excluding steroid dienone is 3. The first-order valence-corrected chi connectivity index (χ1v) is 12.3. The van der Waals surface area contributed by atoms with Crippen LogP contribution in [-0.4, -0.2) is 41.4 Å². The molecular weight excluding hydrogens is 519 g/mol. The van der Waals surface area contributed by atoms with Gasteiger partial charge in [0.25, 0.3) is 11.8 Å². The van der Waals surface area contributed by atoms with E-state index in [4.69, 9.17) is 4.74 Å². The van der Waals surface area contributed by atoms with Crippen molar-refractivity contribution in [2.24, 2.45) is 4.99 Å². The van der Waals surface area contributed by atoms with Gasteiger partial charge in [0.1, 0.15) is 23.3 Å². The Kier molecular flexibility index (Phi) is 9.80. The van der Waals surface area contributed by atoms with E-state index in [1.807, 2.05) is 0 Å². The summed E-state index contributed by atoms with van der Waals surface area (Å²) in [6.45, 7) is 1.67. The number of aliphatic hydroxyl groups is 1. The Morgan fingerprint density at radius 1 is 1.15 bits per heavy atom. The number of aliphatic imine (C=N–C) groups is 1. The molecule has 0 saturated carbocycles. The average Bonchev–Trinajstić information content (AvgIpc) is 2.87. The molecule has 0 aromatic heterocycles. The van der Waals surface area contributed by atoms with Crippen molar-refractivity contribution in [1.29, 1.82) is 0 Å². The van der Waals surface area contributed by atoms with Gasteiger partial charge in [-0.25, -0.2) is 18.2 Å². The van der Waals surface area contributed by atoms with Gasteiger partial charge in [0.15, 0.2) is 0 Å². The first kappa shape index (κ1) is 29.8. The van der Waals surface area contributed by atoms with E-state index in [0.717, 1.165) is 0 Å². The molecule has 0 saturated heterocycles. The van der Waals surface area contributed by atoms with E-state index in [1.54, 1.807) is 12.1 Å². The maximum absolute atomic E-state index is 14.3. The van der Waals surface area contributed by atoms with Crippen LogP contribution in [0, 0.1) is 5.82 Å². The lowest BCUT2D eigenvalue weighted by Gasteiger charge is -2.25. The number of nitrogens with one attached hydrogen (secondary N) is 1. The van der Waals surface area contributed by atoms with Gasteiger partial charge in [-0.05, 0) is 61.2 Å². The third kappa shape index (κ3) is 8.10. The number of alkyl halides is 4.